The fourth-order valence-corrected chi connectivity index (χ4v) is 1.63. The minimum Gasteiger partial charge on any atom is -0.469 e. The van der Waals surface area contributed by atoms with Crippen molar-refractivity contribution in [2.75, 3.05) is 14.2 Å². The zero-order valence-corrected chi connectivity index (χ0v) is 13.5. The SMILES string of the molecule is COC(=O)[C@@H](CC#N)C[C@H](NC(=O)OC(C)(C)C)C(=O)OC. The summed E-state index contributed by atoms with van der Waals surface area (Å²) in [4.78, 5) is 35.1. The van der Waals surface area contributed by atoms with Crippen LogP contribution in [-0.4, -0.2) is 43.9 Å². The molecule has 8 heteroatoms. The number of esters is 2. The van der Waals surface area contributed by atoms with Gasteiger partial charge in [0.1, 0.15) is 11.6 Å². The monoisotopic (exact) mass is 314 g/mol. The summed E-state index contributed by atoms with van der Waals surface area (Å²) in [6.07, 6.45) is -1.08. The number of nitriles is 1. The van der Waals surface area contributed by atoms with Crippen molar-refractivity contribution in [3.63, 3.8) is 0 Å². The maximum Gasteiger partial charge on any atom is 0.408 e. The van der Waals surface area contributed by atoms with E-state index in [4.69, 9.17) is 10.00 Å². The summed E-state index contributed by atoms with van der Waals surface area (Å²) in [6, 6.07) is 0.726. The fraction of sp³-hybridized carbons (Fsp3) is 0.714. The van der Waals surface area contributed by atoms with E-state index in [0.717, 1.165) is 7.11 Å². The molecule has 0 aliphatic carbocycles. The van der Waals surface area contributed by atoms with Crippen molar-refractivity contribution in [3.05, 3.63) is 0 Å². The molecule has 0 saturated heterocycles. The van der Waals surface area contributed by atoms with E-state index in [1.54, 1.807) is 20.8 Å². The van der Waals surface area contributed by atoms with Crippen molar-refractivity contribution >= 4 is 18.0 Å². The number of carbonyl (C=O) groups is 3. The molecular formula is C14H22N2O6. The highest BCUT2D eigenvalue weighted by molar-refractivity contribution is 5.82. The number of nitrogens with zero attached hydrogens (tertiary/aromatic N) is 1. The molecule has 0 radical (unpaired) electrons. The third-order valence-electron chi connectivity index (χ3n) is 2.57. The second-order valence-corrected chi connectivity index (χ2v) is 5.54. The van der Waals surface area contributed by atoms with Gasteiger partial charge in [0, 0.05) is 6.42 Å². The molecule has 0 aliphatic rings. The normalized spacial score (nSPS) is 13.3. The Labute approximate surface area is 129 Å². The van der Waals surface area contributed by atoms with Crippen LogP contribution in [0.25, 0.3) is 0 Å². The van der Waals surface area contributed by atoms with Crippen molar-refractivity contribution in [3.8, 4) is 6.07 Å². The second kappa shape index (κ2) is 8.87. The summed E-state index contributed by atoms with van der Waals surface area (Å²) in [7, 11) is 2.34. The Morgan fingerprint density at radius 2 is 1.68 bits per heavy atom. The topological polar surface area (TPSA) is 115 Å². The number of hydrogen-bond acceptors (Lipinski definition) is 7. The van der Waals surface area contributed by atoms with Gasteiger partial charge in [0.15, 0.2) is 0 Å². The largest absolute Gasteiger partial charge is 0.469 e. The first-order chi connectivity index (χ1) is 10.1. The van der Waals surface area contributed by atoms with Gasteiger partial charge in [0.2, 0.25) is 0 Å². The van der Waals surface area contributed by atoms with Crippen molar-refractivity contribution in [1.82, 2.24) is 5.32 Å². The highest BCUT2D eigenvalue weighted by Gasteiger charge is 2.31. The molecule has 1 amide bonds. The molecule has 8 nitrogen and oxygen atoms in total. The minimum absolute atomic E-state index is 0.119. The molecule has 2 atom stereocenters. The Kier molecular flexibility index (Phi) is 7.94. The predicted molar refractivity (Wildman–Crippen MR) is 75.5 cm³/mol. The lowest BCUT2D eigenvalue weighted by molar-refractivity contribution is -0.148. The van der Waals surface area contributed by atoms with E-state index in [-0.39, 0.29) is 12.8 Å². The van der Waals surface area contributed by atoms with Crippen LogP contribution in [0.3, 0.4) is 0 Å². The highest BCUT2D eigenvalue weighted by atomic mass is 16.6. The molecule has 0 rings (SSSR count). The van der Waals surface area contributed by atoms with Crippen molar-refractivity contribution in [2.45, 2.75) is 45.3 Å². The minimum atomic E-state index is -1.11. The van der Waals surface area contributed by atoms with Crippen LogP contribution in [0, 0.1) is 17.2 Å². The van der Waals surface area contributed by atoms with Gasteiger partial charge in [-0.15, -0.1) is 0 Å². The number of ether oxygens (including phenoxy) is 3. The number of amides is 1. The Morgan fingerprint density at radius 3 is 2.09 bits per heavy atom. The van der Waals surface area contributed by atoms with Crippen LogP contribution in [0.1, 0.15) is 33.6 Å². The molecule has 124 valence electrons. The van der Waals surface area contributed by atoms with E-state index in [2.05, 4.69) is 14.8 Å². The van der Waals surface area contributed by atoms with Gasteiger partial charge in [-0.25, -0.2) is 9.59 Å². The van der Waals surface area contributed by atoms with E-state index in [0.29, 0.717) is 0 Å². The average molecular weight is 314 g/mol. The van der Waals surface area contributed by atoms with E-state index in [1.165, 1.54) is 7.11 Å². The molecule has 22 heavy (non-hydrogen) atoms. The molecular weight excluding hydrogens is 292 g/mol. The first-order valence-electron chi connectivity index (χ1n) is 6.66. The van der Waals surface area contributed by atoms with E-state index in [9.17, 15) is 14.4 Å². The number of alkyl carbamates (subject to hydrolysis) is 1. The Bertz CT molecular complexity index is 449. The lowest BCUT2D eigenvalue weighted by Gasteiger charge is -2.23. The van der Waals surface area contributed by atoms with E-state index >= 15 is 0 Å². The van der Waals surface area contributed by atoms with Gasteiger partial charge in [0.25, 0.3) is 0 Å². The average Bonchev–Trinajstić information content (AvgIpc) is 2.42. The highest BCUT2D eigenvalue weighted by Crippen LogP contribution is 2.15. The predicted octanol–water partition coefficient (Wildman–Crippen LogP) is 1.15. The molecule has 0 bridgehead atoms. The number of nitrogens with one attached hydrogen (secondary N) is 1. The molecule has 0 aromatic heterocycles. The van der Waals surface area contributed by atoms with Gasteiger partial charge in [0.05, 0.1) is 26.2 Å². The molecule has 0 saturated carbocycles. The maximum absolute atomic E-state index is 11.7. The Morgan fingerprint density at radius 1 is 1.14 bits per heavy atom. The van der Waals surface area contributed by atoms with Gasteiger partial charge >= 0.3 is 18.0 Å². The standard InChI is InChI=1S/C14H22N2O6/c1-14(2,3)22-13(19)16-10(12(18)21-5)8-9(6-7-15)11(17)20-4/h9-10H,6,8H2,1-5H3,(H,16,19)/t9-,10-/m0/s1. The van der Waals surface area contributed by atoms with Crippen LogP contribution in [0.2, 0.25) is 0 Å². The van der Waals surface area contributed by atoms with Crippen LogP contribution in [-0.2, 0) is 23.8 Å². The number of carbonyl (C=O) groups excluding carboxylic acids is 3. The van der Waals surface area contributed by atoms with Gasteiger partial charge in [-0.1, -0.05) is 0 Å². The zero-order valence-electron chi connectivity index (χ0n) is 13.5. The van der Waals surface area contributed by atoms with Crippen molar-refractivity contribution in [1.29, 1.82) is 5.26 Å². The maximum atomic E-state index is 11.7. The third-order valence-corrected chi connectivity index (χ3v) is 2.57. The van der Waals surface area contributed by atoms with E-state index < -0.39 is 35.6 Å². The summed E-state index contributed by atoms with van der Waals surface area (Å²) in [5.41, 5.74) is -0.737. The van der Waals surface area contributed by atoms with Gasteiger partial charge in [-0.05, 0) is 27.2 Å². The van der Waals surface area contributed by atoms with Crippen LogP contribution < -0.4 is 5.32 Å². The molecule has 0 unspecified atom stereocenters. The fourth-order valence-electron chi connectivity index (χ4n) is 1.63. The molecule has 0 aliphatic heterocycles. The number of hydrogen-bond donors (Lipinski definition) is 1. The first-order valence-corrected chi connectivity index (χ1v) is 6.66. The quantitative estimate of drug-likeness (QED) is 0.577. The summed E-state index contributed by atoms with van der Waals surface area (Å²) < 4.78 is 14.2. The smallest absolute Gasteiger partial charge is 0.408 e. The van der Waals surface area contributed by atoms with Crippen LogP contribution in [0.4, 0.5) is 4.79 Å². The molecule has 0 fully saturated rings. The van der Waals surface area contributed by atoms with Crippen molar-refractivity contribution in [2.24, 2.45) is 5.92 Å². The van der Waals surface area contributed by atoms with Crippen LogP contribution in [0.5, 0.6) is 0 Å². The van der Waals surface area contributed by atoms with Gasteiger partial charge in [-0.2, -0.15) is 5.26 Å². The lowest BCUT2D eigenvalue weighted by Crippen LogP contribution is -2.45. The first kappa shape index (κ1) is 19.7. The second-order valence-electron chi connectivity index (χ2n) is 5.54. The van der Waals surface area contributed by atoms with E-state index in [1.807, 2.05) is 6.07 Å². The number of methoxy groups -OCH3 is 2. The molecule has 0 heterocycles. The van der Waals surface area contributed by atoms with Crippen LogP contribution in [0.15, 0.2) is 0 Å². The Balaban J connectivity index is 4.98. The molecule has 1 N–H and O–H groups in total. The van der Waals surface area contributed by atoms with Crippen LogP contribution >= 0.6 is 0 Å². The summed E-state index contributed by atoms with van der Waals surface area (Å²) in [5, 5.41) is 11.1. The Hall–Kier alpha value is -2.30. The summed E-state index contributed by atoms with van der Waals surface area (Å²) >= 11 is 0. The molecule has 0 spiro atoms. The number of rotatable bonds is 6. The van der Waals surface area contributed by atoms with Gasteiger partial charge < -0.3 is 19.5 Å². The molecule has 0 aromatic carbocycles. The lowest BCUT2D eigenvalue weighted by atomic mass is 9.97. The zero-order chi connectivity index (χ0) is 17.3. The van der Waals surface area contributed by atoms with Crippen molar-refractivity contribution < 1.29 is 28.6 Å². The summed E-state index contributed by atoms with van der Waals surface area (Å²) in [6.45, 7) is 5.02. The summed E-state index contributed by atoms with van der Waals surface area (Å²) in [5.74, 6) is -2.23. The third kappa shape index (κ3) is 7.47. The molecule has 0 aromatic rings. The van der Waals surface area contributed by atoms with Gasteiger partial charge in [-0.3, -0.25) is 4.79 Å².